The van der Waals surface area contributed by atoms with Gasteiger partial charge in [0.15, 0.2) is 0 Å². The number of rotatable bonds is 2. The van der Waals surface area contributed by atoms with Gasteiger partial charge in [-0.3, -0.25) is 0 Å². The Morgan fingerprint density at radius 2 is 2.14 bits per heavy atom. The monoisotopic (exact) mass is 196 g/mol. The van der Waals surface area contributed by atoms with Crippen LogP contribution in [0.15, 0.2) is 23.3 Å². The first-order chi connectivity index (χ1) is 6.47. The molecule has 0 spiro atoms. The van der Waals surface area contributed by atoms with E-state index in [0.29, 0.717) is 5.57 Å². The molecule has 1 saturated heterocycles. The number of carbonyl (C=O) groups is 2. The van der Waals surface area contributed by atoms with Gasteiger partial charge in [-0.1, -0.05) is 5.57 Å². The van der Waals surface area contributed by atoms with Crippen molar-refractivity contribution in [3.8, 4) is 0 Å². The van der Waals surface area contributed by atoms with Crippen molar-refractivity contribution >= 4 is 11.9 Å². The van der Waals surface area contributed by atoms with Gasteiger partial charge in [0.25, 0.3) is 0 Å². The second-order valence-electron chi connectivity index (χ2n) is 3.39. The van der Waals surface area contributed by atoms with E-state index < -0.39 is 23.6 Å². The maximum absolute atomic E-state index is 10.8. The molecule has 5 heteroatoms. The Morgan fingerprint density at radius 3 is 2.64 bits per heavy atom. The van der Waals surface area contributed by atoms with Crippen molar-refractivity contribution in [3.05, 3.63) is 23.3 Å². The number of ether oxygens (including phenoxy) is 1. The highest BCUT2D eigenvalue weighted by Crippen LogP contribution is 2.46. The van der Waals surface area contributed by atoms with E-state index in [1.807, 2.05) is 0 Å². The summed E-state index contributed by atoms with van der Waals surface area (Å²) in [6, 6.07) is 0. The number of carboxylic acid groups (broad SMARTS) is 2. The summed E-state index contributed by atoms with van der Waals surface area (Å²) >= 11 is 0. The summed E-state index contributed by atoms with van der Waals surface area (Å²) in [4.78, 5) is 21.6. The lowest BCUT2D eigenvalue weighted by molar-refractivity contribution is -0.141. The van der Waals surface area contributed by atoms with Crippen LogP contribution in [0.1, 0.15) is 6.92 Å². The van der Waals surface area contributed by atoms with Gasteiger partial charge in [0.05, 0.1) is 5.57 Å². The molecule has 0 aromatic carbocycles. The lowest BCUT2D eigenvalue weighted by atomic mass is 9.91. The molecule has 0 radical (unpaired) electrons. The Bertz CT molecular complexity index is 392. The van der Waals surface area contributed by atoms with Crippen LogP contribution >= 0.6 is 0 Å². The molecule has 2 rings (SSSR count). The quantitative estimate of drug-likeness (QED) is 0.615. The predicted octanol–water partition coefficient (Wildman–Crippen LogP) is 0.179. The molecule has 2 N–H and O–H groups in total. The molecule has 2 atom stereocenters. The molecule has 0 saturated carbocycles. The number of allylic oxidation sites excluding steroid dienone is 2. The Hall–Kier alpha value is -1.62. The molecule has 5 nitrogen and oxygen atoms in total. The van der Waals surface area contributed by atoms with Crippen molar-refractivity contribution in [2.75, 3.05) is 0 Å². The van der Waals surface area contributed by atoms with Crippen LogP contribution < -0.4 is 0 Å². The van der Waals surface area contributed by atoms with Gasteiger partial charge in [-0.15, -0.1) is 0 Å². The van der Waals surface area contributed by atoms with Crippen LogP contribution in [0.4, 0.5) is 0 Å². The van der Waals surface area contributed by atoms with Gasteiger partial charge in [0.1, 0.15) is 6.10 Å². The molecule has 0 aromatic heterocycles. The summed E-state index contributed by atoms with van der Waals surface area (Å²) in [5.74, 6) is -2.28. The second-order valence-corrected chi connectivity index (χ2v) is 3.39. The zero-order valence-electron chi connectivity index (χ0n) is 7.35. The Kier molecular flexibility index (Phi) is 1.57. The number of epoxide rings is 1. The fourth-order valence-corrected chi connectivity index (χ4v) is 1.66. The minimum Gasteiger partial charge on any atom is -0.479 e. The van der Waals surface area contributed by atoms with E-state index in [1.54, 1.807) is 6.92 Å². The number of fused-ring (bicyclic) bond motifs is 1. The van der Waals surface area contributed by atoms with Crippen LogP contribution in [0.5, 0.6) is 0 Å². The zero-order chi connectivity index (χ0) is 10.5. The molecule has 1 aliphatic carbocycles. The first-order valence-corrected chi connectivity index (χ1v) is 4.03. The van der Waals surface area contributed by atoms with Gasteiger partial charge in [-0.2, -0.15) is 0 Å². The fraction of sp³-hybridized carbons (Fsp3) is 0.333. The van der Waals surface area contributed by atoms with E-state index in [-0.39, 0.29) is 5.57 Å². The Labute approximate surface area is 79.3 Å². The lowest BCUT2D eigenvalue weighted by Crippen LogP contribution is -2.29. The third kappa shape index (κ3) is 0.990. The van der Waals surface area contributed by atoms with Crippen molar-refractivity contribution in [3.63, 3.8) is 0 Å². The maximum atomic E-state index is 10.8. The van der Waals surface area contributed by atoms with Gasteiger partial charge in [-0.05, 0) is 19.1 Å². The predicted molar refractivity (Wildman–Crippen MR) is 44.7 cm³/mol. The van der Waals surface area contributed by atoms with Crippen molar-refractivity contribution < 1.29 is 24.5 Å². The van der Waals surface area contributed by atoms with E-state index >= 15 is 0 Å². The molecule has 0 bridgehead atoms. The van der Waals surface area contributed by atoms with E-state index in [1.165, 1.54) is 12.2 Å². The molecule has 1 fully saturated rings. The van der Waals surface area contributed by atoms with E-state index in [2.05, 4.69) is 0 Å². The highest BCUT2D eigenvalue weighted by molar-refractivity contribution is 5.96. The van der Waals surface area contributed by atoms with Crippen LogP contribution in [-0.2, 0) is 14.3 Å². The number of carboxylic acids is 2. The van der Waals surface area contributed by atoms with Crippen LogP contribution in [0, 0.1) is 0 Å². The topological polar surface area (TPSA) is 87.1 Å². The summed E-state index contributed by atoms with van der Waals surface area (Å²) < 4.78 is 4.95. The summed E-state index contributed by atoms with van der Waals surface area (Å²) in [6.07, 6.45) is 2.04. The molecule has 74 valence electrons. The zero-order valence-corrected chi connectivity index (χ0v) is 7.35. The van der Waals surface area contributed by atoms with Crippen LogP contribution in [-0.4, -0.2) is 33.9 Å². The largest absolute Gasteiger partial charge is 0.479 e. The number of hydrogen-bond donors (Lipinski definition) is 2. The SMILES string of the molecule is CC1=CC2(C(=O)O)OC2C(C(=O)O)=C1. The summed E-state index contributed by atoms with van der Waals surface area (Å²) in [5, 5.41) is 17.6. The van der Waals surface area contributed by atoms with Crippen molar-refractivity contribution in [2.24, 2.45) is 0 Å². The fourth-order valence-electron chi connectivity index (χ4n) is 1.66. The molecule has 1 heterocycles. The third-order valence-electron chi connectivity index (χ3n) is 2.33. The van der Waals surface area contributed by atoms with Gasteiger partial charge in [0.2, 0.25) is 5.60 Å². The highest BCUT2D eigenvalue weighted by Gasteiger charge is 2.65. The van der Waals surface area contributed by atoms with Crippen LogP contribution in [0.3, 0.4) is 0 Å². The third-order valence-corrected chi connectivity index (χ3v) is 2.33. The van der Waals surface area contributed by atoms with Gasteiger partial charge in [0, 0.05) is 0 Å². The molecule has 1 aliphatic heterocycles. The summed E-state index contributed by atoms with van der Waals surface area (Å²) in [7, 11) is 0. The molecule has 14 heavy (non-hydrogen) atoms. The number of hydrogen-bond acceptors (Lipinski definition) is 3. The normalized spacial score (nSPS) is 33.9. The number of aliphatic carboxylic acids is 2. The minimum atomic E-state index is -1.42. The van der Waals surface area contributed by atoms with Gasteiger partial charge < -0.3 is 14.9 Å². The molecule has 2 aliphatic rings. The first kappa shape index (κ1) is 8.96. The summed E-state index contributed by atoms with van der Waals surface area (Å²) in [6.45, 7) is 1.64. The standard InChI is InChI=1S/C9H8O5/c1-4-2-5(7(10)11)6-9(3-4,14-6)8(12)13/h2-3,6H,1H3,(H,10,11)(H,12,13). The molecular formula is C9H8O5. The molecule has 0 amide bonds. The van der Waals surface area contributed by atoms with E-state index in [0.717, 1.165) is 0 Å². The van der Waals surface area contributed by atoms with Crippen LogP contribution in [0.25, 0.3) is 0 Å². The molecule has 2 unspecified atom stereocenters. The van der Waals surface area contributed by atoms with Crippen molar-refractivity contribution in [2.45, 2.75) is 18.6 Å². The van der Waals surface area contributed by atoms with Crippen molar-refractivity contribution in [1.82, 2.24) is 0 Å². The van der Waals surface area contributed by atoms with Crippen molar-refractivity contribution in [1.29, 1.82) is 0 Å². The smallest absolute Gasteiger partial charge is 0.343 e. The lowest BCUT2D eigenvalue weighted by Gasteiger charge is -2.08. The van der Waals surface area contributed by atoms with E-state index in [9.17, 15) is 9.59 Å². The average Bonchev–Trinajstić information content (AvgIpc) is 2.77. The Balaban J connectivity index is 2.41. The van der Waals surface area contributed by atoms with Gasteiger partial charge >= 0.3 is 11.9 Å². The molecule has 0 aromatic rings. The van der Waals surface area contributed by atoms with Crippen LogP contribution in [0.2, 0.25) is 0 Å². The second kappa shape index (κ2) is 2.45. The first-order valence-electron chi connectivity index (χ1n) is 4.03. The Morgan fingerprint density at radius 1 is 1.50 bits per heavy atom. The average molecular weight is 196 g/mol. The summed E-state index contributed by atoms with van der Waals surface area (Å²) in [5.41, 5.74) is -0.821. The highest BCUT2D eigenvalue weighted by atomic mass is 16.6. The molecular weight excluding hydrogens is 188 g/mol. The van der Waals surface area contributed by atoms with Gasteiger partial charge in [-0.25, -0.2) is 9.59 Å². The minimum absolute atomic E-state index is 0.00685. The maximum Gasteiger partial charge on any atom is 0.343 e. The van der Waals surface area contributed by atoms with E-state index in [4.69, 9.17) is 14.9 Å².